The molecular formula is C14H17ClN2O2. The van der Waals surface area contributed by atoms with Gasteiger partial charge in [-0.05, 0) is 19.9 Å². The van der Waals surface area contributed by atoms with Gasteiger partial charge in [0.15, 0.2) is 0 Å². The fourth-order valence-electron chi connectivity index (χ4n) is 2.01. The lowest BCUT2D eigenvalue weighted by molar-refractivity contribution is 0.0861. The number of benzene rings is 1. The Morgan fingerprint density at radius 2 is 2.05 bits per heavy atom. The first-order valence-corrected chi connectivity index (χ1v) is 6.41. The van der Waals surface area contributed by atoms with Crippen molar-refractivity contribution in [1.29, 1.82) is 0 Å². The van der Waals surface area contributed by atoms with Crippen LogP contribution in [0.3, 0.4) is 0 Å². The lowest BCUT2D eigenvalue weighted by atomic mass is 10.1. The first-order valence-electron chi connectivity index (χ1n) is 6.03. The summed E-state index contributed by atoms with van der Waals surface area (Å²) in [6, 6.07) is 7.58. The van der Waals surface area contributed by atoms with Crippen molar-refractivity contribution in [2.24, 2.45) is 7.05 Å². The highest BCUT2D eigenvalue weighted by atomic mass is 35.5. The minimum Gasteiger partial charge on any atom is -0.394 e. The van der Waals surface area contributed by atoms with Gasteiger partial charge in [0, 0.05) is 18.0 Å². The number of aryl methyl sites for hydroxylation is 1. The molecule has 0 aliphatic carbocycles. The van der Waals surface area contributed by atoms with Crippen LogP contribution in [-0.4, -0.2) is 27.7 Å². The number of nitrogens with zero attached hydrogens (tertiary/aromatic N) is 1. The van der Waals surface area contributed by atoms with E-state index in [0.717, 1.165) is 10.9 Å². The third-order valence-electron chi connectivity index (χ3n) is 3.11. The van der Waals surface area contributed by atoms with Gasteiger partial charge in [0.1, 0.15) is 5.69 Å². The first-order chi connectivity index (χ1) is 8.87. The Bertz CT molecular complexity index is 593. The molecule has 1 aromatic carbocycles. The summed E-state index contributed by atoms with van der Waals surface area (Å²) in [5.41, 5.74) is 0.625. The molecule has 102 valence electrons. The van der Waals surface area contributed by atoms with E-state index in [2.05, 4.69) is 5.32 Å². The van der Waals surface area contributed by atoms with Gasteiger partial charge in [-0.1, -0.05) is 29.8 Å². The van der Waals surface area contributed by atoms with E-state index >= 15 is 0 Å². The average molecular weight is 281 g/mol. The van der Waals surface area contributed by atoms with E-state index in [4.69, 9.17) is 11.6 Å². The highest BCUT2D eigenvalue weighted by molar-refractivity contribution is 6.38. The summed E-state index contributed by atoms with van der Waals surface area (Å²) in [7, 11) is 1.80. The van der Waals surface area contributed by atoms with Gasteiger partial charge in [0.05, 0.1) is 17.2 Å². The Morgan fingerprint density at radius 3 is 2.63 bits per heavy atom. The van der Waals surface area contributed by atoms with Crippen molar-refractivity contribution in [3.8, 4) is 0 Å². The van der Waals surface area contributed by atoms with Gasteiger partial charge in [-0.15, -0.1) is 0 Å². The maximum Gasteiger partial charge on any atom is 0.269 e. The third kappa shape index (κ3) is 2.46. The molecule has 0 saturated carbocycles. The third-order valence-corrected chi connectivity index (χ3v) is 3.49. The van der Waals surface area contributed by atoms with Crippen LogP contribution in [0, 0.1) is 0 Å². The van der Waals surface area contributed by atoms with Crippen LogP contribution in [0.4, 0.5) is 0 Å². The Morgan fingerprint density at radius 1 is 1.42 bits per heavy atom. The molecule has 4 nitrogen and oxygen atoms in total. The molecule has 5 heteroatoms. The van der Waals surface area contributed by atoms with Crippen LogP contribution in [0.25, 0.3) is 10.9 Å². The van der Waals surface area contributed by atoms with Gasteiger partial charge in [-0.3, -0.25) is 4.79 Å². The monoisotopic (exact) mass is 280 g/mol. The molecule has 1 amide bonds. The molecule has 2 N–H and O–H groups in total. The van der Waals surface area contributed by atoms with Crippen LogP contribution in [0.2, 0.25) is 5.02 Å². The van der Waals surface area contributed by atoms with Crippen molar-refractivity contribution in [2.75, 3.05) is 6.61 Å². The molecule has 0 atom stereocenters. The predicted octanol–water partition coefficient (Wildman–Crippen LogP) is 2.33. The zero-order valence-electron chi connectivity index (χ0n) is 11.2. The Hall–Kier alpha value is -1.52. The number of aromatic nitrogens is 1. The van der Waals surface area contributed by atoms with E-state index in [1.54, 1.807) is 25.5 Å². The molecule has 0 saturated heterocycles. The van der Waals surface area contributed by atoms with E-state index in [-0.39, 0.29) is 12.5 Å². The fraction of sp³-hybridized carbons (Fsp3) is 0.357. The van der Waals surface area contributed by atoms with Gasteiger partial charge < -0.3 is 15.0 Å². The van der Waals surface area contributed by atoms with E-state index in [0.29, 0.717) is 10.7 Å². The quantitative estimate of drug-likeness (QED) is 0.907. The standard InChI is InChI=1S/C14H17ClN2O2/c1-14(2,8-18)16-13(19)12-11(15)9-6-4-5-7-10(9)17(12)3/h4-7,18H,8H2,1-3H3,(H,16,19). The molecule has 1 aromatic heterocycles. The van der Waals surface area contributed by atoms with Crippen LogP contribution < -0.4 is 5.32 Å². The summed E-state index contributed by atoms with van der Waals surface area (Å²) in [6.45, 7) is 3.36. The van der Waals surface area contributed by atoms with Crippen LogP contribution in [0.1, 0.15) is 24.3 Å². The minimum absolute atomic E-state index is 0.139. The van der Waals surface area contributed by atoms with Gasteiger partial charge >= 0.3 is 0 Å². The van der Waals surface area contributed by atoms with Gasteiger partial charge in [0.25, 0.3) is 5.91 Å². The number of fused-ring (bicyclic) bond motifs is 1. The average Bonchev–Trinajstić information content (AvgIpc) is 2.62. The van der Waals surface area contributed by atoms with Gasteiger partial charge in [0.2, 0.25) is 0 Å². The summed E-state index contributed by atoms with van der Waals surface area (Å²) in [5.74, 6) is -0.289. The summed E-state index contributed by atoms with van der Waals surface area (Å²) >= 11 is 6.29. The van der Waals surface area contributed by atoms with Crippen molar-refractivity contribution in [2.45, 2.75) is 19.4 Å². The topological polar surface area (TPSA) is 54.3 Å². The lowest BCUT2D eigenvalue weighted by Crippen LogP contribution is -2.46. The summed E-state index contributed by atoms with van der Waals surface area (Å²) < 4.78 is 1.76. The van der Waals surface area contributed by atoms with Crippen LogP contribution in [0.5, 0.6) is 0 Å². The number of nitrogens with one attached hydrogen (secondary N) is 1. The van der Waals surface area contributed by atoms with Crippen LogP contribution in [0.15, 0.2) is 24.3 Å². The molecule has 2 aromatic rings. The molecule has 1 heterocycles. The second-order valence-corrected chi connectivity index (χ2v) is 5.61. The Labute approximate surface area is 117 Å². The number of para-hydroxylation sites is 1. The van der Waals surface area contributed by atoms with Crippen molar-refractivity contribution in [3.63, 3.8) is 0 Å². The lowest BCUT2D eigenvalue weighted by Gasteiger charge is -2.23. The molecule has 0 aliphatic rings. The summed E-state index contributed by atoms with van der Waals surface area (Å²) in [4.78, 5) is 12.3. The highest BCUT2D eigenvalue weighted by Crippen LogP contribution is 2.29. The molecule has 0 unspecified atom stereocenters. The van der Waals surface area contributed by atoms with Crippen molar-refractivity contribution < 1.29 is 9.90 Å². The molecule has 0 fully saturated rings. The number of carbonyl (C=O) groups is 1. The summed E-state index contributed by atoms with van der Waals surface area (Å²) in [6.07, 6.45) is 0. The Kier molecular flexibility index (Phi) is 3.56. The smallest absolute Gasteiger partial charge is 0.269 e. The number of hydrogen-bond donors (Lipinski definition) is 2. The maximum atomic E-state index is 12.3. The zero-order chi connectivity index (χ0) is 14.2. The van der Waals surface area contributed by atoms with E-state index < -0.39 is 5.54 Å². The van der Waals surface area contributed by atoms with Crippen molar-refractivity contribution in [3.05, 3.63) is 35.0 Å². The molecule has 0 aliphatic heterocycles. The molecule has 19 heavy (non-hydrogen) atoms. The maximum absolute atomic E-state index is 12.3. The van der Waals surface area contributed by atoms with Crippen LogP contribution >= 0.6 is 11.6 Å². The van der Waals surface area contributed by atoms with E-state index in [1.807, 2.05) is 24.3 Å². The fourth-order valence-corrected chi connectivity index (χ4v) is 2.38. The van der Waals surface area contributed by atoms with Crippen molar-refractivity contribution in [1.82, 2.24) is 9.88 Å². The Balaban J connectivity index is 2.48. The normalized spacial score (nSPS) is 11.8. The summed E-state index contributed by atoms with van der Waals surface area (Å²) in [5, 5.41) is 13.3. The first kappa shape index (κ1) is 13.9. The van der Waals surface area contributed by atoms with Gasteiger partial charge in [-0.2, -0.15) is 0 Å². The second kappa shape index (κ2) is 4.87. The number of rotatable bonds is 3. The van der Waals surface area contributed by atoms with Crippen molar-refractivity contribution >= 4 is 28.4 Å². The highest BCUT2D eigenvalue weighted by Gasteiger charge is 2.25. The SMILES string of the molecule is Cn1c(C(=O)NC(C)(C)CO)c(Cl)c2ccccc21. The number of aliphatic hydroxyl groups excluding tert-OH is 1. The number of amides is 1. The number of halogens is 1. The van der Waals surface area contributed by atoms with Gasteiger partial charge in [-0.25, -0.2) is 0 Å². The van der Waals surface area contributed by atoms with E-state index in [9.17, 15) is 9.90 Å². The molecule has 0 spiro atoms. The zero-order valence-corrected chi connectivity index (χ0v) is 12.0. The number of carbonyl (C=O) groups excluding carboxylic acids is 1. The second-order valence-electron chi connectivity index (χ2n) is 5.23. The largest absolute Gasteiger partial charge is 0.394 e. The molecule has 0 bridgehead atoms. The molecule has 0 radical (unpaired) electrons. The van der Waals surface area contributed by atoms with Crippen LogP contribution in [-0.2, 0) is 7.05 Å². The molecule has 2 rings (SSSR count). The molecular weight excluding hydrogens is 264 g/mol. The van der Waals surface area contributed by atoms with E-state index in [1.165, 1.54) is 0 Å². The number of hydrogen-bond acceptors (Lipinski definition) is 2. The minimum atomic E-state index is -0.684. The number of aliphatic hydroxyl groups is 1. The predicted molar refractivity (Wildman–Crippen MR) is 76.6 cm³/mol.